The first-order valence-corrected chi connectivity index (χ1v) is 9.85. The highest BCUT2D eigenvalue weighted by Gasteiger charge is 2.18. The Labute approximate surface area is 169 Å². The van der Waals surface area contributed by atoms with E-state index in [9.17, 15) is 4.79 Å². The Morgan fingerprint density at radius 3 is 2.69 bits per heavy atom. The molecular formula is C21H24N6O2. The SMILES string of the molecule is O=C(NCc1ccc(-n2cccn2)nc1)NCc1cccnc1OC1CCCC1. The molecule has 0 aliphatic heterocycles. The van der Waals surface area contributed by atoms with E-state index in [2.05, 4.69) is 25.7 Å². The summed E-state index contributed by atoms with van der Waals surface area (Å²) in [5.74, 6) is 1.34. The minimum atomic E-state index is -0.253. The quantitative estimate of drug-likeness (QED) is 0.645. The number of hydrogen-bond donors (Lipinski definition) is 2. The van der Waals surface area contributed by atoms with Crippen molar-refractivity contribution in [1.82, 2.24) is 30.4 Å². The zero-order valence-corrected chi connectivity index (χ0v) is 16.1. The number of amides is 2. The molecule has 3 aromatic rings. The van der Waals surface area contributed by atoms with Crippen molar-refractivity contribution in [2.75, 3.05) is 0 Å². The van der Waals surface area contributed by atoms with Gasteiger partial charge in [0.1, 0.15) is 6.10 Å². The second kappa shape index (κ2) is 9.18. The number of hydrogen-bond acceptors (Lipinski definition) is 5. The van der Waals surface area contributed by atoms with Crippen molar-refractivity contribution < 1.29 is 9.53 Å². The van der Waals surface area contributed by atoms with E-state index in [1.807, 2.05) is 36.5 Å². The third-order valence-electron chi connectivity index (χ3n) is 4.87. The molecule has 4 rings (SSSR count). The van der Waals surface area contributed by atoms with Gasteiger partial charge in [0.05, 0.1) is 0 Å². The third kappa shape index (κ3) is 5.10. The van der Waals surface area contributed by atoms with E-state index in [0.29, 0.717) is 19.0 Å². The molecule has 150 valence electrons. The molecule has 29 heavy (non-hydrogen) atoms. The first-order valence-electron chi connectivity index (χ1n) is 9.85. The van der Waals surface area contributed by atoms with Crippen LogP contribution in [0.5, 0.6) is 5.88 Å². The van der Waals surface area contributed by atoms with Crippen LogP contribution < -0.4 is 15.4 Å². The van der Waals surface area contributed by atoms with Crippen LogP contribution in [0.2, 0.25) is 0 Å². The number of pyridine rings is 2. The van der Waals surface area contributed by atoms with E-state index in [-0.39, 0.29) is 12.1 Å². The lowest BCUT2D eigenvalue weighted by atomic mass is 10.2. The highest BCUT2D eigenvalue weighted by molar-refractivity contribution is 5.73. The summed E-state index contributed by atoms with van der Waals surface area (Å²) in [5.41, 5.74) is 1.78. The minimum absolute atomic E-state index is 0.231. The van der Waals surface area contributed by atoms with Gasteiger partial charge in [-0.2, -0.15) is 5.10 Å². The van der Waals surface area contributed by atoms with Crippen LogP contribution >= 0.6 is 0 Å². The van der Waals surface area contributed by atoms with E-state index < -0.39 is 0 Å². The molecule has 0 radical (unpaired) electrons. The van der Waals surface area contributed by atoms with Crippen LogP contribution in [-0.2, 0) is 13.1 Å². The number of carbonyl (C=O) groups is 1. The van der Waals surface area contributed by atoms with Crippen molar-refractivity contribution in [2.45, 2.75) is 44.9 Å². The van der Waals surface area contributed by atoms with Crippen LogP contribution in [0.25, 0.3) is 5.82 Å². The van der Waals surface area contributed by atoms with Gasteiger partial charge in [-0.05, 0) is 49.4 Å². The summed E-state index contributed by atoms with van der Waals surface area (Å²) in [6, 6.07) is 9.15. The minimum Gasteiger partial charge on any atom is -0.474 e. The molecule has 3 aromatic heterocycles. The van der Waals surface area contributed by atoms with Crippen LogP contribution in [0.15, 0.2) is 55.1 Å². The first-order chi connectivity index (χ1) is 14.3. The molecule has 0 atom stereocenters. The maximum atomic E-state index is 12.2. The van der Waals surface area contributed by atoms with E-state index in [1.165, 1.54) is 12.8 Å². The topological polar surface area (TPSA) is 94.0 Å². The van der Waals surface area contributed by atoms with Crippen molar-refractivity contribution in [2.24, 2.45) is 0 Å². The fraction of sp³-hybridized carbons (Fsp3) is 0.333. The zero-order valence-electron chi connectivity index (χ0n) is 16.1. The van der Waals surface area contributed by atoms with Crippen molar-refractivity contribution in [3.05, 3.63) is 66.2 Å². The summed E-state index contributed by atoms with van der Waals surface area (Å²) in [7, 11) is 0. The summed E-state index contributed by atoms with van der Waals surface area (Å²) in [6.45, 7) is 0.745. The highest BCUT2D eigenvalue weighted by atomic mass is 16.5. The van der Waals surface area contributed by atoms with E-state index in [0.717, 1.165) is 29.8 Å². The first kappa shape index (κ1) is 18.9. The molecular weight excluding hydrogens is 368 g/mol. The lowest BCUT2D eigenvalue weighted by Crippen LogP contribution is -2.34. The number of nitrogens with one attached hydrogen (secondary N) is 2. The van der Waals surface area contributed by atoms with Gasteiger partial charge in [0.2, 0.25) is 5.88 Å². The Morgan fingerprint density at radius 1 is 1.07 bits per heavy atom. The molecule has 1 saturated carbocycles. The summed E-state index contributed by atoms with van der Waals surface area (Å²) in [6.07, 6.45) is 11.7. The summed E-state index contributed by atoms with van der Waals surface area (Å²) >= 11 is 0. The third-order valence-corrected chi connectivity index (χ3v) is 4.87. The van der Waals surface area contributed by atoms with Crippen LogP contribution in [0.3, 0.4) is 0 Å². The summed E-state index contributed by atoms with van der Waals surface area (Å²) in [5, 5.41) is 9.85. The standard InChI is InChI=1S/C21H24N6O2/c28-21(24-14-16-8-9-19(23-13-16)27-12-4-11-26-27)25-15-17-5-3-10-22-20(17)29-18-6-1-2-7-18/h3-5,8-13,18H,1-2,6-7,14-15H2,(H2,24,25,28). The predicted octanol–water partition coefficient (Wildman–Crippen LogP) is 2.98. The molecule has 0 saturated heterocycles. The smallest absolute Gasteiger partial charge is 0.315 e. The molecule has 8 nitrogen and oxygen atoms in total. The summed E-state index contributed by atoms with van der Waals surface area (Å²) in [4.78, 5) is 20.9. The Bertz CT molecular complexity index is 921. The van der Waals surface area contributed by atoms with Gasteiger partial charge < -0.3 is 15.4 Å². The van der Waals surface area contributed by atoms with Crippen molar-refractivity contribution in [3.63, 3.8) is 0 Å². The van der Waals surface area contributed by atoms with Gasteiger partial charge in [0.25, 0.3) is 0 Å². The number of urea groups is 1. The Morgan fingerprint density at radius 2 is 1.93 bits per heavy atom. The average molecular weight is 392 g/mol. The molecule has 0 aromatic carbocycles. The molecule has 0 bridgehead atoms. The summed E-state index contributed by atoms with van der Waals surface area (Å²) < 4.78 is 7.70. The normalized spacial score (nSPS) is 13.9. The number of carbonyl (C=O) groups excluding carboxylic acids is 1. The molecule has 0 unspecified atom stereocenters. The fourth-order valence-corrected chi connectivity index (χ4v) is 3.31. The fourth-order valence-electron chi connectivity index (χ4n) is 3.31. The number of rotatable bonds is 7. The van der Waals surface area contributed by atoms with Gasteiger partial charge in [-0.3, -0.25) is 0 Å². The van der Waals surface area contributed by atoms with E-state index in [4.69, 9.17) is 4.74 Å². The van der Waals surface area contributed by atoms with E-state index in [1.54, 1.807) is 23.3 Å². The van der Waals surface area contributed by atoms with Crippen molar-refractivity contribution >= 4 is 6.03 Å². The lowest BCUT2D eigenvalue weighted by molar-refractivity contribution is 0.198. The second-order valence-corrected chi connectivity index (χ2v) is 7.00. The van der Waals surface area contributed by atoms with Crippen LogP contribution in [0.1, 0.15) is 36.8 Å². The van der Waals surface area contributed by atoms with Gasteiger partial charge in [-0.1, -0.05) is 12.1 Å². The maximum absolute atomic E-state index is 12.2. The second-order valence-electron chi connectivity index (χ2n) is 7.00. The highest BCUT2D eigenvalue weighted by Crippen LogP contribution is 2.24. The Balaban J connectivity index is 1.26. The number of nitrogens with zero attached hydrogens (tertiary/aromatic N) is 4. The Hall–Kier alpha value is -3.42. The number of aromatic nitrogens is 4. The maximum Gasteiger partial charge on any atom is 0.315 e. The van der Waals surface area contributed by atoms with Gasteiger partial charge in [0, 0.05) is 43.4 Å². The zero-order chi connectivity index (χ0) is 19.9. The molecule has 1 aliphatic carbocycles. The van der Waals surface area contributed by atoms with E-state index >= 15 is 0 Å². The van der Waals surface area contributed by atoms with Crippen LogP contribution in [-0.4, -0.2) is 31.9 Å². The molecule has 2 amide bonds. The largest absolute Gasteiger partial charge is 0.474 e. The molecule has 0 spiro atoms. The molecule has 8 heteroatoms. The van der Waals surface area contributed by atoms with Gasteiger partial charge >= 0.3 is 6.03 Å². The lowest BCUT2D eigenvalue weighted by Gasteiger charge is -2.15. The Kier molecular flexibility index (Phi) is 5.99. The van der Waals surface area contributed by atoms with Gasteiger partial charge in [-0.15, -0.1) is 0 Å². The van der Waals surface area contributed by atoms with Gasteiger partial charge in [-0.25, -0.2) is 19.4 Å². The number of ether oxygens (including phenoxy) is 1. The molecule has 1 aliphatic rings. The average Bonchev–Trinajstić information content (AvgIpc) is 3.46. The van der Waals surface area contributed by atoms with Crippen molar-refractivity contribution in [1.29, 1.82) is 0 Å². The molecule has 2 N–H and O–H groups in total. The monoisotopic (exact) mass is 392 g/mol. The molecule has 3 heterocycles. The van der Waals surface area contributed by atoms with Crippen LogP contribution in [0.4, 0.5) is 4.79 Å². The van der Waals surface area contributed by atoms with Crippen LogP contribution in [0, 0.1) is 0 Å². The predicted molar refractivity (Wildman–Crippen MR) is 108 cm³/mol. The molecule has 1 fully saturated rings. The van der Waals surface area contributed by atoms with Crippen molar-refractivity contribution in [3.8, 4) is 11.7 Å². The van der Waals surface area contributed by atoms with Gasteiger partial charge in [0.15, 0.2) is 5.82 Å².